The minimum absolute atomic E-state index is 0. The van der Waals surface area contributed by atoms with Crippen LogP contribution in [-0.2, 0) is 6.42 Å². The van der Waals surface area contributed by atoms with E-state index in [9.17, 15) is 13.9 Å². The molecule has 0 radical (unpaired) electrons. The van der Waals surface area contributed by atoms with Gasteiger partial charge in [0, 0.05) is 24.8 Å². The normalized spacial score (nSPS) is 15.6. The van der Waals surface area contributed by atoms with Crippen molar-refractivity contribution >= 4 is 18.1 Å². The molecule has 130 valence electrons. The van der Waals surface area contributed by atoms with Crippen LogP contribution in [-0.4, -0.2) is 31.3 Å². The number of aliphatic hydroxyl groups is 1. The zero-order chi connectivity index (χ0) is 16.4. The summed E-state index contributed by atoms with van der Waals surface area (Å²) in [6, 6.07) is 10.9. The van der Waals surface area contributed by atoms with Gasteiger partial charge in [-0.05, 0) is 42.8 Å². The Hall–Kier alpha value is -1.69. The highest BCUT2D eigenvalue weighted by molar-refractivity contribution is 5.85. The molecule has 0 spiro atoms. The number of nitrogens with one attached hydrogen (secondary N) is 1. The number of hydrogen-bond acceptors (Lipinski definition) is 3. The zero-order valence-electron chi connectivity index (χ0n) is 13.4. The van der Waals surface area contributed by atoms with Gasteiger partial charge in [0.1, 0.15) is 11.6 Å². The molecule has 24 heavy (non-hydrogen) atoms. The maximum absolute atomic E-state index is 13.7. The van der Waals surface area contributed by atoms with E-state index in [2.05, 4.69) is 5.32 Å². The predicted molar refractivity (Wildman–Crippen MR) is 93.8 cm³/mol. The Labute approximate surface area is 146 Å². The van der Waals surface area contributed by atoms with Gasteiger partial charge < -0.3 is 15.3 Å². The molecule has 2 aromatic rings. The lowest BCUT2D eigenvalue weighted by atomic mass is 9.98. The Balaban J connectivity index is 0.00000208. The Bertz CT molecular complexity index is 678. The van der Waals surface area contributed by atoms with E-state index in [1.54, 1.807) is 7.05 Å². The van der Waals surface area contributed by atoms with Crippen LogP contribution >= 0.6 is 12.4 Å². The van der Waals surface area contributed by atoms with Crippen molar-refractivity contribution < 1.29 is 13.9 Å². The van der Waals surface area contributed by atoms with Gasteiger partial charge in [-0.15, -0.1) is 12.4 Å². The number of likely N-dealkylation sites (N-methyl/N-ethyl adjacent to an activating group) is 1. The molecule has 0 fully saturated rings. The van der Waals surface area contributed by atoms with Crippen LogP contribution in [0.1, 0.15) is 17.2 Å². The highest BCUT2D eigenvalue weighted by atomic mass is 35.5. The Morgan fingerprint density at radius 1 is 1.17 bits per heavy atom. The molecule has 1 heterocycles. The summed E-state index contributed by atoms with van der Waals surface area (Å²) in [5, 5.41) is 13.5. The van der Waals surface area contributed by atoms with Gasteiger partial charge in [-0.1, -0.05) is 18.2 Å². The molecule has 0 aliphatic carbocycles. The van der Waals surface area contributed by atoms with Crippen LogP contribution in [0.5, 0.6) is 0 Å². The summed E-state index contributed by atoms with van der Waals surface area (Å²) >= 11 is 0. The summed E-state index contributed by atoms with van der Waals surface area (Å²) in [5.74, 6) is -1.26. The maximum atomic E-state index is 13.7. The minimum Gasteiger partial charge on any atom is -0.389 e. The van der Waals surface area contributed by atoms with E-state index in [4.69, 9.17) is 0 Å². The molecule has 3 rings (SSSR count). The number of aliphatic hydroxyl groups excluding tert-OH is 1. The Morgan fingerprint density at radius 2 is 1.83 bits per heavy atom. The first-order valence-electron chi connectivity index (χ1n) is 7.73. The van der Waals surface area contributed by atoms with Gasteiger partial charge in [0.2, 0.25) is 0 Å². The molecule has 0 saturated heterocycles. The van der Waals surface area contributed by atoms with E-state index in [0.29, 0.717) is 18.7 Å². The fraction of sp³-hybridized carbons (Fsp3) is 0.333. The molecule has 1 aliphatic heterocycles. The minimum atomic E-state index is -0.785. The van der Waals surface area contributed by atoms with Crippen molar-refractivity contribution in [2.24, 2.45) is 0 Å². The summed E-state index contributed by atoms with van der Waals surface area (Å²) in [6.45, 7) is 1.05. The molecule has 6 heteroatoms. The Kier molecular flexibility index (Phi) is 6.15. The van der Waals surface area contributed by atoms with E-state index < -0.39 is 23.8 Å². The molecule has 2 N–H and O–H groups in total. The topological polar surface area (TPSA) is 35.5 Å². The molecule has 0 amide bonds. The van der Waals surface area contributed by atoms with Gasteiger partial charge in [-0.25, -0.2) is 8.78 Å². The highest BCUT2D eigenvalue weighted by Crippen LogP contribution is 2.37. The van der Waals surface area contributed by atoms with E-state index in [1.807, 2.05) is 29.2 Å². The number of benzene rings is 2. The van der Waals surface area contributed by atoms with E-state index in [0.717, 1.165) is 18.2 Å². The van der Waals surface area contributed by atoms with Gasteiger partial charge in [0.15, 0.2) is 0 Å². The van der Waals surface area contributed by atoms with Gasteiger partial charge in [0.05, 0.1) is 12.1 Å². The lowest BCUT2D eigenvalue weighted by Crippen LogP contribution is -2.40. The molecule has 2 atom stereocenters. The SMILES string of the molecule is CNC[C@@H](O)[C@H](c1cc(F)cc(F)c1)N1CCc2ccccc21.Cl. The van der Waals surface area contributed by atoms with E-state index in [1.165, 1.54) is 17.7 Å². The van der Waals surface area contributed by atoms with Crippen molar-refractivity contribution in [2.45, 2.75) is 18.6 Å². The van der Waals surface area contributed by atoms with Crippen molar-refractivity contribution in [2.75, 3.05) is 25.0 Å². The van der Waals surface area contributed by atoms with Gasteiger partial charge in [-0.3, -0.25) is 0 Å². The van der Waals surface area contributed by atoms with Crippen LogP contribution in [0.15, 0.2) is 42.5 Å². The van der Waals surface area contributed by atoms with Crippen LogP contribution in [0.25, 0.3) is 0 Å². The summed E-state index contributed by atoms with van der Waals surface area (Å²) in [4.78, 5) is 2.03. The quantitative estimate of drug-likeness (QED) is 0.866. The summed E-state index contributed by atoms with van der Waals surface area (Å²) in [6.07, 6.45) is 0.0730. The average Bonchev–Trinajstić information content (AvgIpc) is 2.91. The molecular formula is C18H21ClF2N2O. The lowest BCUT2D eigenvalue weighted by molar-refractivity contribution is 0.141. The second-order valence-electron chi connectivity index (χ2n) is 5.84. The molecule has 3 nitrogen and oxygen atoms in total. The summed E-state index contributed by atoms with van der Waals surface area (Å²) < 4.78 is 27.3. The van der Waals surface area contributed by atoms with E-state index in [-0.39, 0.29) is 12.4 Å². The number of rotatable bonds is 5. The largest absolute Gasteiger partial charge is 0.389 e. The van der Waals surface area contributed by atoms with Gasteiger partial charge in [0.25, 0.3) is 0 Å². The number of para-hydroxylation sites is 1. The number of hydrogen-bond donors (Lipinski definition) is 2. The first kappa shape index (κ1) is 18.6. The predicted octanol–water partition coefficient (Wildman–Crippen LogP) is 3.07. The molecule has 0 saturated carbocycles. The van der Waals surface area contributed by atoms with Gasteiger partial charge >= 0.3 is 0 Å². The number of fused-ring (bicyclic) bond motifs is 1. The van der Waals surface area contributed by atoms with E-state index >= 15 is 0 Å². The van der Waals surface area contributed by atoms with Crippen LogP contribution in [0.4, 0.5) is 14.5 Å². The van der Waals surface area contributed by atoms with Crippen molar-refractivity contribution in [3.63, 3.8) is 0 Å². The van der Waals surface area contributed by atoms with Crippen LogP contribution < -0.4 is 10.2 Å². The molecule has 0 unspecified atom stereocenters. The van der Waals surface area contributed by atoms with Crippen molar-refractivity contribution in [3.8, 4) is 0 Å². The maximum Gasteiger partial charge on any atom is 0.126 e. The Morgan fingerprint density at radius 3 is 2.50 bits per heavy atom. The third-order valence-corrected chi connectivity index (χ3v) is 4.26. The van der Waals surface area contributed by atoms with Crippen LogP contribution in [0.2, 0.25) is 0 Å². The fourth-order valence-corrected chi connectivity index (χ4v) is 3.33. The molecule has 0 aromatic heterocycles. The van der Waals surface area contributed by atoms with Crippen molar-refractivity contribution in [1.82, 2.24) is 5.32 Å². The van der Waals surface area contributed by atoms with Crippen molar-refractivity contribution in [1.29, 1.82) is 0 Å². The second-order valence-corrected chi connectivity index (χ2v) is 5.84. The zero-order valence-corrected chi connectivity index (χ0v) is 14.2. The summed E-state index contributed by atoms with van der Waals surface area (Å²) in [7, 11) is 1.74. The van der Waals surface area contributed by atoms with Crippen LogP contribution in [0, 0.1) is 11.6 Å². The molecule has 1 aliphatic rings. The first-order valence-corrected chi connectivity index (χ1v) is 7.73. The number of anilines is 1. The second kappa shape index (κ2) is 7.92. The standard InChI is InChI=1S/C18H20F2N2O.ClH/c1-21-11-17(23)18(13-8-14(19)10-15(20)9-13)22-7-6-12-4-2-3-5-16(12)22;/h2-5,8-10,17-18,21,23H,6-7,11H2,1H3;1H/t17-,18+;/m1./s1. The summed E-state index contributed by atoms with van der Waals surface area (Å²) in [5.41, 5.74) is 2.64. The first-order chi connectivity index (χ1) is 11.1. The average molecular weight is 355 g/mol. The molecule has 2 aromatic carbocycles. The smallest absolute Gasteiger partial charge is 0.126 e. The van der Waals surface area contributed by atoms with Gasteiger partial charge in [-0.2, -0.15) is 0 Å². The number of halogens is 3. The molecule has 0 bridgehead atoms. The molecular weight excluding hydrogens is 334 g/mol. The third kappa shape index (κ3) is 3.69. The van der Waals surface area contributed by atoms with Crippen molar-refractivity contribution in [3.05, 3.63) is 65.2 Å². The highest BCUT2D eigenvalue weighted by Gasteiger charge is 2.32. The fourth-order valence-electron chi connectivity index (χ4n) is 3.33. The van der Waals surface area contributed by atoms with Crippen LogP contribution in [0.3, 0.4) is 0 Å². The third-order valence-electron chi connectivity index (χ3n) is 4.26. The monoisotopic (exact) mass is 354 g/mol. The lowest BCUT2D eigenvalue weighted by Gasteiger charge is -2.34. The number of nitrogens with zero attached hydrogens (tertiary/aromatic N) is 1.